The first-order chi connectivity index (χ1) is 14.5. The highest BCUT2D eigenvalue weighted by Gasteiger charge is 2.10. The van der Waals surface area contributed by atoms with E-state index in [1.807, 2.05) is 6.92 Å². The molecule has 6 heteroatoms. The molecule has 0 bridgehead atoms. The zero-order chi connectivity index (χ0) is 22.3. The molecular weight excluding hydrogens is 384 g/mol. The summed E-state index contributed by atoms with van der Waals surface area (Å²) in [6.07, 6.45) is 11.8. The Kier molecular flexibility index (Phi) is 21.8. The highest BCUT2D eigenvalue weighted by atomic mass is 17.2. The van der Waals surface area contributed by atoms with Crippen LogP contribution in [0.2, 0.25) is 0 Å². The second-order valence-electron chi connectivity index (χ2n) is 8.68. The van der Waals surface area contributed by atoms with Crippen molar-refractivity contribution in [1.82, 2.24) is 0 Å². The predicted octanol–water partition coefficient (Wildman–Crippen LogP) is 6.07. The number of ether oxygens (including phenoxy) is 4. The lowest BCUT2D eigenvalue weighted by Gasteiger charge is -2.19. The molecule has 0 saturated heterocycles. The van der Waals surface area contributed by atoms with E-state index in [9.17, 15) is 0 Å². The van der Waals surface area contributed by atoms with Crippen molar-refractivity contribution in [2.75, 3.05) is 46.8 Å². The van der Waals surface area contributed by atoms with E-state index >= 15 is 0 Å². The van der Waals surface area contributed by atoms with Crippen LogP contribution >= 0.6 is 0 Å². The molecule has 0 N–H and O–H groups in total. The topological polar surface area (TPSA) is 55.4 Å². The molecule has 0 spiro atoms. The monoisotopic (exact) mass is 434 g/mol. The molecule has 0 rings (SSSR count). The van der Waals surface area contributed by atoms with Crippen molar-refractivity contribution in [2.45, 2.75) is 110 Å². The van der Waals surface area contributed by atoms with E-state index < -0.39 is 0 Å². The average Bonchev–Trinajstić information content (AvgIpc) is 2.69. The highest BCUT2D eigenvalue weighted by molar-refractivity contribution is 4.58. The van der Waals surface area contributed by atoms with E-state index in [-0.39, 0.29) is 11.9 Å². The molecule has 0 heterocycles. The zero-order valence-corrected chi connectivity index (χ0v) is 20.5. The van der Waals surface area contributed by atoms with Gasteiger partial charge in [-0.1, -0.05) is 19.3 Å². The summed E-state index contributed by atoms with van der Waals surface area (Å²) in [5, 5.41) is 0. The molecule has 0 amide bonds. The molecule has 0 radical (unpaired) electrons. The first kappa shape index (κ1) is 29.8. The summed E-state index contributed by atoms with van der Waals surface area (Å²) >= 11 is 0. The van der Waals surface area contributed by atoms with Gasteiger partial charge in [-0.2, -0.15) is 0 Å². The number of rotatable bonds is 23. The summed E-state index contributed by atoms with van der Waals surface area (Å²) in [6.45, 7) is 12.7. The number of methoxy groups -OCH3 is 1. The quantitative estimate of drug-likeness (QED) is 0.0842. The van der Waals surface area contributed by atoms with Crippen molar-refractivity contribution in [1.29, 1.82) is 0 Å². The smallest absolute Gasteiger partial charge is 0.157 e. The second kappa shape index (κ2) is 22.0. The van der Waals surface area contributed by atoms with Gasteiger partial charge in [0, 0.05) is 33.5 Å². The van der Waals surface area contributed by atoms with Crippen molar-refractivity contribution in [3.8, 4) is 0 Å². The Morgan fingerprint density at radius 3 is 1.73 bits per heavy atom. The number of hydrogen-bond acceptors (Lipinski definition) is 6. The first-order valence-electron chi connectivity index (χ1n) is 12.1. The summed E-state index contributed by atoms with van der Waals surface area (Å²) < 4.78 is 22.4. The lowest BCUT2D eigenvalue weighted by molar-refractivity contribution is -0.295. The summed E-state index contributed by atoms with van der Waals surface area (Å²) in [7, 11) is 1.74. The third-order valence-corrected chi connectivity index (χ3v) is 4.56. The third-order valence-electron chi connectivity index (χ3n) is 4.56. The van der Waals surface area contributed by atoms with Crippen LogP contribution in [0, 0.1) is 0 Å². The molecule has 1 unspecified atom stereocenters. The van der Waals surface area contributed by atoms with Gasteiger partial charge < -0.3 is 18.9 Å². The van der Waals surface area contributed by atoms with Crippen molar-refractivity contribution in [2.24, 2.45) is 0 Å². The largest absolute Gasteiger partial charge is 0.385 e. The summed E-state index contributed by atoms with van der Waals surface area (Å²) in [5.41, 5.74) is -0.0438. The minimum atomic E-state index is -0.0869. The van der Waals surface area contributed by atoms with Gasteiger partial charge >= 0.3 is 0 Å². The van der Waals surface area contributed by atoms with Gasteiger partial charge in [-0.25, -0.2) is 9.78 Å². The van der Waals surface area contributed by atoms with E-state index in [1.165, 1.54) is 6.42 Å². The Labute approximate surface area is 186 Å². The Morgan fingerprint density at radius 2 is 1.13 bits per heavy atom. The van der Waals surface area contributed by atoms with Crippen LogP contribution in [0.3, 0.4) is 0 Å². The Bertz CT molecular complexity index is 332. The SMILES string of the molecule is CCOC(CCCCCOOCCCCCCOC)OCCCCCOC(C)(C)C. The fraction of sp³-hybridized carbons (Fsp3) is 1.00. The normalized spacial score (nSPS) is 13.1. The zero-order valence-electron chi connectivity index (χ0n) is 20.5. The molecule has 0 aromatic rings. The summed E-state index contributed by atoms with van der Waals surface area (Å²) in [6, 6.07) is 0. The van der Waals surface area contributed by atoms with Gasteiger partial charge in [0.15, 0.2) is 6.29 Å². The van der Waals surface area contributed by atoms with Gasteiger partial charge in [0.05, 0.1) is 18.8 Å². The Morgan fingerprint density at radius 1 is 0.600 bits per heavy atom. The van der Waals surface area contributed by atoms with E-state index in [0.717, 1.165) is 84.0 Å². The number of hydrogen-bond donors (Lipinski definition) is 0. The lowest BCUT2D eigenvalue weighted by atomic mass is 10.2. The van der Waals surface area contributed by atoms with Crippen LogP contribution in [0.15, 0.2) is 0 Å². The van der Waals surface area contributed by atoms with E-state index in [0.29, 0.717) is 19.8 Å². The molecule has 0 aliphatic carbocycles. The molecule has 182 valence electrons. The molecule has 1 atom stereocenters. The molecule has 0 aliphatic rings. The van der Waals surface area contributed by atoms with E-state index in [2.05, 4.69) is 20.8 Å². The second-order valence-corrected chi connectivity index (χ2v) is 8.68. The number of unbranched alkanes of at least 4 members (excludes halogenated alkanes) is 7. The molecule has 0 aromatic heterocycles. The summed E-state index contributed by atoms with van der Waals surface area (Å²) in [5.74, 6) is 0. The molecule has 6 nitrogen and oxygen atoms in total. The van der Waals surface area contributed by atoms with Crippen LogP contribution < -0.4 is 0 Å². The van der Waals surface area contributed by atoms with E-state index in [4.69, 9.17) is 28.7 Å². The molecule has 0 aromatic carbocycles. The van der Waals surface area contributed by atoms with Crippen LogP contribution in [0.4, 0.5) is 0 Å². The van der Waals surface area contributed by atoms with Gasteiger partial charge in [0.25, 0.3) is 0 Å². The average molecular weight is 435 g/mol. The fourth-order valence-corrected chi connectivity index (χ4v) is 2.90. The van der Waals surface area contributed by atoms with E-state index in [1.54, 1.807) is 7.11 Å². The van der Waals surface area contributed by atoms with Crippen LogP contribution in [0.5, 0.6) is 0 Å². The first-order valence-corrected chi connectivity index (χ1v) is 12.1. The van der Waals surface area contributed by atoms with Crippen molar-refractivity contribution in [3.63, 3.8) is 0 Å². The standard InChI is InChI=1S/C24H50O6/c1-6-26-23(27-19-13-10-14-20-28-24(2,3)4)17-11-9-16-22-30-29-21-15-8-7-12-18-25-5/h23H,6-22H2,1-5H3. The lowest BCUT2D eigenvalue weighted by Crippen LogP contribution is -2.20. The van der Waals surface area contributed by atoms with Crippen molar-refractivity contribution < 1.29 is 28.7 Å². The van der Waals surface area contributed by atoms with Crippen LogP contribution in [-0.2, 0) is 28.7 Å². The van der Waals surface area contributed by atoms with Crippen molar-refractivity contribution >= 4 is 0 Å². The Hall–Kier alpha value is -0.240. The van der Waals surface area contributed by atoms with Gasteiger partial charge in [0.1, 0.15) is 0 Å². The van der Waals surface area contributed by atoms with Gasteiger partial charge in [-0.15, -0.1) is 0 Å². The maximum Gasteiger partial charge on any atom is 0.157 e. The Balaban J connectivity index is 3.44. The molecule has 0 aliphatic heterocycles. The maximum absolute atomic E-state index is 5.91. The minimum Gasteiger partial charge on any atom is -0.385 e. The molecule has 0 fully saturated rings. The molecule has 30 heavy (non-hydrogen) atoms. The summed E-state index contributed by atoms with van der Waals surface area (Å²) in [4.78, 5) is 10.5. The highest BCUT2D eigenvalue weighted by Crippen LogP contribution is 2.11. The predicted molar refractivity (Wildman–Crippen MR) is 122 cm³/mol. The van der Waals surface area contributed by atoms with Crippen LogP contribution in [-0.4, -0.2) is 58.6 Å². The fourth-order valence-electron chi connectivity index (χ4n) is 2.90. The third kappa shape index (κ3) is 24.0. The van der Waals surface area contributed by atoms with Crippen LogP contribution in [0.25, 0.3) is 0 Å². The molecular formula is C24H50O6. The van der Waals surface area contributed by atoms with Gasteiger partial charge in [-0.3, -0.25) is 0 Å². The molecule has 0 saturated carbocycles. The van der Waals surface area contributed by atoms with Crippen LogP contribution in [0.1, 0.15) is 98.3 Å². The van der Waals surface area contributed by atoms with Gasteiger partial charge in [0.2, 0.25) is 0 Å². The van der Waals surface area contributed by atoms with Crippen molar-refractivity contribution in [3.05, 3.63) is 0 Å². The van der Waals surface area contributed by atoms with Gasteiger partial charge in [-0.05, 0) is 79.1 Å². The minimum absolute atomic E-state index is 0.0438. The maximum atomic E-state index is 5.91.